The van der Waals surface area contributed by atoms with Crippen LogP contribution >= 0.6 is 0 Å². The van der Waals surface area contributed by atoms with Gasteiger partial charge in [0.2, 0.25) is 0 Å². The number of aryl methyl sites for hydroxylation is 1. The van der Waals surface area contributed by atoms with E-state index >= 15 is 0 Å². The summed E-state index contributed by atoms with van der Waals surface area (Å²) in [6.45, 7) is 8.42. The van der Waals surface area contributed by atoms with E-state index < -0.39 is 8.80 Å². The molecule has 0 spiro atoms. The first-order valence-corrected chi connectivity index (χ1v) is 12.6. The lowest BCUT2D eigenvalue weighted by Gasteiger charge is -2.28. The molecular weight excluding hydrogens is 394 g/mol. The average molecular weight is 426 g/mol. The molecule has 0 aliphatic carbocycles. The van der Waals surface area contributed by atoms with Crippen LogP contribution in [0.2, 0.25) is 6.04 Å². The third kappa shape index (κ3) is 5.43. The number of hydrogen-bond donors (Lipinski definition) is 0. The largest absolute Gasteiger partial charge is 0.500 e. The van der Waals surface area contributed by atoms with E-state index in [1.807, 2.05) is 61.9 Å². The Kier molecular flexibility index (Phi) is 8.33. The summed E-state index contributed by atoms with van der Waals surface area (Å²) in [5.74, 6) is 0. The highest BCUT2D eigenvalue weighted by Gasteiger charge is 2.39. The molecule has 0 fully saturated rings. The number of nitrogens with zero attached hydrogens (tertiary/aromatic N) is 3. The van der Waals surface area contributed by atoms with Crippen molar-refractivity contribution in [2.75, 3.05) is 19.8 Å². The Hall–Kier alpha value is -2.32. The SMILES string of the molecule is CCO[Si](CCCn1nnc(-c2ccccc2)c1-c1ccccc1)(OCC)OCC. The Bertz CT molecular complexity index is 870. The van der Waals surface area contributed by atoms with E-state index in [1.54, 1.807) is 0 Å². The summed E-state index contributed by atoms with van der Waals surface area (Å²) in [7, 11) is -2.66. The third-order valence-electron chi connectivity index (χ3n) is 4.78. The quantitative estimate of drug-likeness (QED) is 0.380. The molecule has 3 aromatic rings. The molecule has 0 bridgehead atoms. The summed E-state index contributed by atoms with van der Waals surface area (Å²) in [5, 5.41) is 9.00. The van der Waals surface area contributed by atoms with Crippen LogP contribution < -0.4 is 0 Å². The van der Waals surface area contributed by atoms with Crippen LogP contribution in [0.25, 0.3) is 22.5 Å². The van der Waals surface area contributed by atoms with E-state index in [1.165, 1.54) is 0 Å². The van der Waals surface area contributed by atoms with Crippen LogP contribution in [0.5, 0.6) is 0 Å². The first-order valence-electron chi connectivity index (χ1n) is 10.7. The van der Waals surface area contributed by atoms with Crippen molar-refractivity contribution < 1.29 is 13.3 Å². The van der Waals surface area contributed by atoms with Crippen molar-refractivity contribution in [1.29, 1.82) is 0 Å². The maximum absolute atomic E-state index is 5.99. The van der Waals surface area contributed by atoms with Crippen molar-refractivity contribution in [2.24, 2.45) is 0 Å². The van der Waals surface area contributed by atoms with Gasteiger partial charge in [0.1, 0.15) is 5.69 Å². The number of benzene rings is 2. The van der Waals surface area contributed by atoms with Crippen LogP contribution in [-0.2, 0) is 19.8 Å². The first kappa shape index (κ1) is 22.4. The predicted octanol–water partition coefficient (Wildman–Crippen LogP) is 5.05. The predicted molar refractivity (Wildman–Crippen MR) is 121 cm³/mol. The smallest absolute Gasteiger partial charge is 0.374 e. The molecule has 0 N–H and O–H groups in total. The third-order valence-corrected chi connectivity index (χ3v) is 7.93. The number of hydrogen-bond acceptors (Lipinski definition) is 5. The van der Waals surface area contributed by atoms with Gasteiger partial charge in [-0.15, -0.1) is 5.10 Å². The molecule has 0 amide bonds. The summed E-state index contributed by atoms with van der Waals surface area (Å²) in [5.41, 5.74) is 4.08. The number of rotatable bonds is 12. The van der Waals surface area contributed by atoms with Gasteiger partial charge in [0.25, 0.3) is 0 Å². The molecule has 30 heavy (non-hydrogen) atoms. The lowest BCUT2D eigenvalue weighted by atomic mass is 10.0. The zero-order chi connectivity index (χ0) is 21.2. The standard InChI is InChI=1S/C23H31N3O3Si/c1-4-27-30(28-5-2,29-6-3)19-13-18-26-23(21-16-11-8-12-17-21)22(24-25-26)20-14-9-7-10-15-20/h7-12,14-17H,4-6,13,18-19H2,1-3H3. The maximum Gasteiger partial charge on any atom is 0.500 e. The molecule has 6 nitrogen and oxygen atoms in total. The van der Waals surface area contributed by atoms with Crippen LogP contribution in [0.1, 0.15) is 27.2 Å². The Morgan fingerprint density at radius 3 is 1.83 bits per heavy atom. The van der Waals surface area contributed by atoms with E-state index in [0.717, 1.165) is 35.0 Å². The van der Waals surface area contributed by atoms with Crippen molar-refractivity contribution in [3.05, 3.63) is 60.7 Å². The summed E-state index contributed by atoms with van der Waals surface area (Å²) in [6, 6.07) is 21.2. The molecule has 160 valence electrons. The second-order valence-electron chi connectivity index (χ2n) is 6.83. The lowest BCUT2D eigenvalue weighted by molar-refractivity contribution is 0.0704. The lowest BCUT2D eigenvalue weighted by Crippen LogP contribution is -2.46. The maximum atomic E-state index is 5.99. The van der Waals surface area contributed by atoms with Gasteiger partial charge in [0.15, 0.2) is 0 Å². The van der Waals surface area contributed by atoms with Gasteiger partial charge in [-0.1, -0.05) is 65.9 Å². The molecule has 0 radical (unpaired) electrons. The Morgan fingerprint density at radius 1 is 0.767 bits per heavy atom. The second-order valence-corrected chi connectivity index (χ2v) is 9.56. The molecular formula is C23H31N3O3Si. The van der Waals surface area contributed by atoms with Gasteiger partial charge >= 0.3 is 8.80 Å². The van der Waals surface area contributed by atoms with E-state index in [2.05, 4.69) is 34.6 Å². The molecule has 0 aliphatic heterocycles. The van der Waals surface area contributed by atoms with Crippen LogP contribution in [0, 0.1) is 0 Å². The molecule has 0 atom stereocenters. The Labute approximate surface area is 180 Å². The van der Waals surface area contributed by atoms with E-state index in [-0.39, 0.29) is 0 Å². The molecule has 0 saturated carbocycles. The zero-order valence-electron chi connectivity index (χ0n) is 18.1. The fourth-order valence-corrected chi connectivity index (χ4v) is 6.18. The van der Waals surface area contributed by atoms with Gasteiger partial charge < -0.3 is 13.3 Å². The normalized spacial score (nSPS) is 11.7. The van der Waals surface area contributed by atoms with Crippen molar-refractivity contribution in [3.8, 4) is 22.5 Å². The van der Waals surface area contributed by atoms with Gasteiger partial charge in [0, 0.05) is 43.5 Å². The molecule has 0 saturated heterocycles. The van der Waals surface area contributed by atoms with Gasteiger partial charge in [-0.05, 0) is 27.2 Å². The Balaban J connectivity index is 1.85. The fourth-order valence-electron chi connectivity index (χ4n) is 3.59. The molecule has 0 unspecified atom stereocenters. The van der Waals surface area contributed by atoms with E-state index in [9.17, 15) is 0 Å². The molecule has 1 heterocycles. The minimum Gasteiger partial charge on any atom is -0.374 e. The van der Waals surface area contributed by atoms with Crippen molar-refractivity contribution >= 4 is 8.80 Å². The van der Waals surface area contributed by atoms with Gasteiger partial charge in [-0.3, -0.25) is 0 Å². The van der Waals surface area contributed by atoms with Gasteiger partial charge in [-0.25, -0.2) is 4.68 Å². The second kappa shape index (κ2) is 11.2. The van der Waals surface area contributed by atoms with Crippen molar-refractivity contribution in [2.45, 2.75) is 39.8 Å². The highest BCUT2D eigenvalue weighted by atomic mass is 28.4. The topological polar surface area (TPSA) is 58.4 Å². The Morgan fingerprint density at radius 2 is 1.30 bits per heavy atom. The zero-order valence-corrected chi connectivity index (χ0v) is 19.1. The first-order chi connectivity index (χ1) is 14.7. The van der Waals surface area contributed by atoms with Gasteiger partial charge in [0.05, 0.1) is 5.69 Å². The molecule has 7 heteroatoms. The highest BCUT2D eigenvalue weighted by Crippen LogP contribution is 2.30. The molecule has 1 aromatic heterocycles. The minimum atomic E-state index is -2.66. The van der Waals surface area contributed by atoms with Crippen LogP contribution in [0.4, 0.5) is 0 Å². The minimum absolute atomic E-state index is 0.586. The van der Waals surface area contributed by atoms with Crippen LogP contribution in [-0.4, -0.2) is 43.6 Å². The summed E-state index contributed by atoms with van der Waals surface area (Å²) in [6.07, 6.45) is 0.837. The molecule has 3 rings (SSSR count). The average Bonchev–Trinajstić information content (AvgIpc) is 3.19. The van der Waals surface area contributed by atoms with Gasteiger partial charge in [-0.2, -0.15) is 0 Å². The van der Waals surface area contributed by atoms with E-state index in [4.69, 9.17) is 13.3 Å². The number of aromatic nitrogens is 3. The molecule has 0 aliphatic rings. The van der Waals surface area contributed by atoms with Crippen LogP contribution in [0.3, 0.4) is 0 Å². The van der Waals surface area contributed by atoms with Crippen molar-refractivity contribution in [3.63, 3.8) is 0 Å². The summed E-state index contributed by atoms with van der Waals surface area (Å²) in [4.78, 5) is 0. The summed E-state index contributed by atoms with van der Waals surface area (Å²) < 4.78 is 19.9. The summed E-state index contributed by atoms with van der Waals surface area (Å²) >= 11 is 0. The monoisotopic (exact) mass is 425 g/mol. The fraction of sp³-hybridized carbons (Fsp3) is 0.391. The van der Waals surface area contributed by atoms with Crippen LogP contribution in [0.15, 0.2) is 60.7 Å². The molecule has 2 aromatic carbocycles. The van der Waals surface area contributed by atoms with Crippen molar-refractivity contribution in [1.82, 2.24) is 15.0 Å². The highest BCUT2D eigenvalue weighted by molar-refractivity contribution is 6.60. The van der Waals surface area contributed by atoms with E-state index in [0.29, 0.717) is 26.4 Å².